The van der Waals surface area contributed by atoms with Crippen molar-refractivity contribution in [2.45, 2.75) is 6.92 Å². The number of carbonyl (C=O) groups is 1. The molecule has 0 fully saturated rings. The number of aliphatic hydroxyl groups is 1. The van der Waals surface area contributed by atoms with Crippen molar-refractivity contribution in [2.24, 2.45) is 0 Å². The summed E-state index contributed by atoms with van der Waals surface area (Å²) in [5.41, 5.74) is 2.47. The fraction of sp³-hybridized carbons (Fsp3) is 0.0833. The number of aliphatic hydroxyl groups excluding tert-OH is 1. The van der Waals surface area contributed by atoms with E-state index in [1.807, 2.05) is 31.2 Å². The van der Waals surface area contributed by atoms with Gasteiger partial charge in [-0.15, -0.1) is 0 Å². The first kappa shape index (κ1) is 8.75. The van der Waals surface area contributed by atoms with Crippen LogP contribution in [-0.4, -0.2) is 10.9 Å². The number of benzene rings is 1. The molecule has 0 heterocycles. The molecule has 1 N–H and O–H groups in total. The molecule has 2 nitrogen and oxygen atoms in total. The van der Waals surface area contributed by atoms with Gasteiger partial charge in [0.05, 0.1) is 11.1 Å². The molecule has 0 radical (unpaired) electrons. The second-order valence-corrected chi connectivity index (χ2v) is 3.40. The van der Waals surface area contributed by atoms with Crippen LogP contribution in [0.4, 0.5) is 0 Å². The average Bonchev–Trinajstić information content (AvgIpc) is 2.21. The Morgan fingerprint density at radius 1 is 1.21 bits per heavy atom. The van der Waals surface area contributed by atoms with Crippen LogP contribution in [0.5, 0.6) is 0 Å². The molecule has 0 aliphatic heterocycles. The van der Waals surface area contributed by atoms with Crippen LogP contribution in [0.2, 0.25) is 0 Å². The molecule has 14 heavy (non-hydrogen) atoms. The van der Waals surface area contributed by atoms with E-state index < -0.39 is 0 Å². The molecule has 2 heteroatoms. The predicted molar refractivity (Wildman–Crippen MR) is 54.9 cm³/mol. The second kappa shape index (κ2) is 2.84. The van der Waals surface area contributed by atoms with E-state index in [0.29, 0.717) is 5.57 Å². The maximum Gasteiger partial charge on any atom is 0.200 e. The van der Waals surface area contributed by atoms with Crippen molar-refractivity contribution < 1.29 is 9.90 Å². The Labute approximate surface area is 82.2 Å². The third-order valence-corrected chi connectivity index (χ3v) is 2.36. The molecule has 0 spiro atoms. The molecule has 1 aromatic rings. The third kappa shape index (κ3) is 1.08. The number of hydrogen-bond acceptors (Lipinski definition) is 2. The van der Waals surface area contributed by atoms with E-state index in [4.69, 9.17) is 0 Å². The lowest BCUT2D eigenvalue weighted by Crippen LogP contribution is -2.19. The minimum absolute atomic E-state index is 0.0267. The zero-order valence-corrected chi connectivity index (χ0v) is 7.87. The first-order valence-electron chi connectivity index (χ1n) is 4.35. The Morgan fingerprint density at radius 3 is 2.29 bits per heavy atom. The zero-order valence-electron chi connectivity index (χ0n) is 7.87. The van der Waals surface area contributed by atoms with Gasteiger partial charge in [0.1, 0.15) is 5.76 Å². The summed E-state index contributed by atoms with van der Waals surface area (Å²) in [7, 11) is 0. The second-order valence-electron chi connectivity index (χ2n) is 3.40. The van der Waals surface area contributed by atoms with Gasteiger partial charge >= 0.3 is 0 Å². The SMILES string of the molecule is C=C1C(=O)C(c2ccc(C)cc2)=C1O. The number of Topliss-reactive ketones (excluding diaryl/α,β-unsaturated/α-hetero) is 1. The van der Waals surface area contributed by atoms with Gasteiger partial charge in [-0.3, -0.25) is 4.79 Å². The molecule has 0 atom stereocenters. The van der Waals surface area contributed by atoms with Crippen molar-refractivity contribution in [3.8, 4) is 0 Å². The van der Waals surface area contributed by atoms with Crippen LogP contribution in [-0.2, 0) is 4.79 Å². The third-order valence-electron chi connectivity index (χ3n) is 2.36. The van der Waals surface area contributed by atoms with Crippen molar-refractivity contribution in [3.63, 3.8) is 0 Å². The summed E-state index contributed by atoms with van der Waals surface area (Å²) in [5.74, 6) is -0.134. The number of allylic oxidation sites excluding steroid dienone is 2. The summed E-state index contributed by atoms with van der Waals surface area (Å²) in [4.78, 5) is 11.3. The Hall–Kier alpha value is -1.83. The van der Waals surface area contributed by atoms with E-state index >= 15 is 0 Å². The van der Waals surface area contributed by atoms with Gasteiger partial charge in [-0.05, 0) is 12.5 Å². The Morgan fingerprint density at radius 2 is 1.79 bits per heavy atom. The predicted octanol–water partition coefficient (Wildman–Crippen LogP) is 2.40. The van der Waals surface area contributed by atoms with Gasteiger partial charge in [0, 0.05) is 0 Å². The quantitative estimate of drug-likeness (QED) is 0.684. The summed E-state index contributed by atoms with van der Waals surface area (Å²) in [6.45, 7) is 5.43. The maximum atomic E-state index is 11.3. The molecule has 2 rings (SSSR count). The summed E-state index contributed by atoms with van der Waals surface area (Å²) < 4.78 is 0. The molecular weight excluding hydrogens is 176 g/mol. The Balaban J connectivity index is 2.48. The molecule has 1 aliphatic rings. The molecule has 70 valence electrons. The first-order chi connectivity index (χ1) is 6.61. The van der Waals surface area contributed by atoms with Gasteiger partial charge in [-0.1, -0.05) is 36.4 Å². The van der Waals surface area contributed by atoms with Crippen LogP contribution < -0.4 is 0 Å². The molecule has 0 saturated carbocycles. The largest absolute Gasteiger partial charge is 0.506 e. The van der Waals surface area contributed by atoms with E-state index in [1.54, 1.807) is 0 Å². The monoisotopic (exact) mass is 186 g/mol. The van der Waals surface area contributed by atoms with Gasteiger partial charge < -0.3 is 5.11 Å². The van der Waals surface area contributed by atoms with Crippen LogP contribution in [0.1, 0.15) is 11.1 Å². The van der Waals surface area contributed by atoms with Crippen molar-refractivity contribution in [1.29, 1.82) is 0 Å². The van der Waals surface area contributed by atoms with E-state index in [2.05, 4.69) is 6.58 Å². The van der Waals surface area contributed by atoms with Gasteiger partial charge in [0.2, 0.25) is 5.78 Å². The molecule has 0 amide bonds. The van der Waals surface area contributed by atoms with E-state index in [9.17, 15) is 9.90 Å². The van der Waals surface area contributed by atoms with Gasteiger partial charge in [-0.25, -0.2) is 0 Å². The van der Waals surface area contributed by atoms with Gasteiger partial charge in [-0.2, -0.15) is 0 Å². The number of rotatable bonds is 1. The van der Waals surface area contributed by atoms with Crippen LogP contribution in [0.25, 0.3) is 5.57 Å². The summed E-state index contributed by atoms with van der Waals surface area (Å²) in [6.07, 6.45) is 0. The number of carbonyl (C=O) groups excluding carboxylic acids is 1. The highest BCUT2D eigenvalue weighted by Crippen LogP contribution is 2.34. The van der Waals surface area contributed by atoms with Crippen LogP contribution in [0.3, 0.4) is 0 Å². The normalized spacial score (nSPS) is 15.8. The standard InChI is InChI=1S/C12H10O2/c1-7-3-5-9(6-4-7)10-11(13)8(2)12(10)14/h3-6,13H,2H2,1H3. The molecule has 1 aromatic carbocycles. The highest BCUT2D eigenvalue weighted by molar-refractivity contribution is 6.38. The Bertz CT molecular complexity index is 450. The Kier molecular flexibility index (Phi) is 1.78. The molecule has 0 bridgehead atoms. The lowest BCUT2D eigenvalue weighted by Gasteiger charge is -2.19. The smallest absolute Gasteiger partial charge is 0.200 e. The van der Waals surface area contributed by atoms with Crippen LogP contribution in [0.15, 0.2) is 42.2 Å². The van der Waals surface area contributed by atoms with E-state index in [-0.39, 0.29) is 17.1 Å². The number of hydrogen-bond donors (Lipinski definition) is 1. The highest BCUT2D eigenvalue weighted by atomic mass is 16.3. The number of aryl methyl sites for hydroxylation is 1. The fourth-order valence-electron chi connectivity index (χ4n) is 1.44. The minimum Gasteiger partial charge on any atom is -0.506 e. The van der Waals surface area contributed by atoms with Crippen molar-refractivity contribution in [2.75, 3.05) is 0 Å². The average molecular weight is 186 g/mol. The van der Waals surface area contributed by atoms with Crippen LogP contribution in [0, 0.1) is 6.92 Å². The van der Waals surface area contributed by atoms with Crippen LogP contribution >= 0.6 is 0 Å². The first-order valence-corrected chi connectivity index (χ1v) is 4.35. The summed E-state index contributed by atoms with van der Waals surface area (Å²) in [5, 5.41) is 9.43. The molecular formula is C12H10O2. The topological polar surface area (TPSA) is 37.3 Å². The zero-order chi connectivity index (χ0) is 10.3. The van der Waals surface area contributed by atoms with Crippen molar-refractivity contribution >= 4 is 11.4 Å². The molecule has 0 aromatic heterocycles. The lowest BCUT2D eigenvalue weighted by molar-refractivity contribution is -0.111. The van der Waals surface area contributed by atoms with E-state index in [0.717, 1.165) is 11.1 Å². The minimum atomic E-state index is -0.161. The molecule has 0 saturated heterocycles. The van der Waals surface area contributed by atoms with E-state index in [1.165, 1.54) is 0 Å². The fourth-order valence-corrected chi connectivity index (χ4v) is 1.44. The summed E-state index contributed by atoms with van der Waals surface area (Å²) >= 11 is 0. The summed E-state index contributed by atoms with van der Waals surface area (Å²) in [6, 6.07) is 7.46. The lowest BCUT2D eigenvalue weighted by atomic mass is 9.84. The maximum absolute atomic E-state index is 11.3. The number of ketones is 1. The van der Waals surface area contributed by atoms with Gasteiger partial charge in [0.15, 0.2) is 0 Å². The van der Waals surface area contributed by atoms with Gasteiger partial charge in [0.25, 0.3) is 0 Å². The highest BCUT2D eigenvalue weighted by Gasteiger charge is 2.32. The molecule has 1 aliphatic carbocycles. The van der Waals surface area contributed by atoms with Crippen molar-refractivity contribution in [3.05, 3.63) is 53.3 Å². The molecule has 0 unspecified atom stereocenters. The van der Waals surface area contributed by atoms with Crippen molar-refractivity contribution in [1.82, 2.24) is 0 Å².